The highest BCUT2D eigenvalue weighted by atomic mass is 35.5. The lowest BCUT2D eigenvalue weighted by molar-refractivity contribution is 0.317. The minimum absolute atomic E-state index is 0.471. The Labute approximate surface area is 98.8 Å². The summed E-state index contributed by atoms with van der Waals surface area (Å²) in [6.45, 7) is 0.600. The molecule has 0 aliphatic carbocycles. The number of aromatic nitrogens is 3. The second kappa shape index (κ2) is 4.99. The lowest BCUT2D eigenvalue weighted by Crippen LogP contribution is -2.06. The van der Waals surface area contributed by atoms with E-state index in [1.165, 1.54) is 0 Å². The van der Waals surface area contributed by atoms with E-state index in [2.05, 4.69) is 10.1 Å². The summed E-state index contributed by atoms with van der Waals surface area (Å²) in [6, 6.07) is 5.49. The van der Waals surface area contributed by atoms with Crippen LogP contribution in [-0.4, -0.2) is 21.4 Å². The van der Waals surface area contributed by atoms with Gasteiger partial charge in [0.1, 0.15) is 10.9 Å². The third kappa shape index (κ3) is 2.73. The predicted octanol–water partition coefficient (Wildman–Crippen LogP) is 2.09. The van der Waals surface area contributed by atoms with Crippen LogP contribution in [0.1, 0.15) is 5.69 Å². The van der Waals surface area contributed by atoms with Gasteiger partial charge in [-0.2, -0.15) is 5.10 Å². The molecule has 84 valence electrons. The van der Waals surface area contributed by atoms with E-state index < -0.39 is 0 Å². The lowest BCUT2D eigenvalue weighted by Gasteiger charge is -2.05. The van der Waals surface area contributed by atoms with Crippen molar-refractivity contribution in [2.24, 2.45) is 7.05 Å². The molecule has 0 saturated heterocycles. The third-order valence-corrected chi connectivity index (χ3v) is 2.47. The van der Waals surface area contributed by atoms with Crippen LogP contribution in [0.25, 0.3) is 0 Å². The number of pyridine rings is 1. The van der Waals surface area contributed by atoms with Gasteiger partial charge >= 0.3 is 0 Å². The standard InChI is InChI=1S/C11H12ClN3O/c1-15-9(4-6-14-15)5-7-16-10-2-3-11(12)13-8-10/h2-4,6,8H,5,7H2,1H3. The van der Waals surface area contributed by atoms with Crippen LogP contribution in [0.15, 0.2) is 30.6 Å². The van der Waals surface area contributed by atoms with E-state index in [0.717, 1.165) is 17.9 Å². The van der Waals surface area contributed by atoms with Gasteiger partial charge in [-0.05, 0) is 18.2 Å². The molecule has 0 spiro atoms. The molecule has 2 aromatic heterocycles. The van der Waals surface area contributed by atoms with Crippen molar-refractivity contribution in [2.45, 2.75) is 6.42 Å². The molecule has 2 rings (SSSR count). The van der Waals surface area contributed by atoms with Gasteiger partial charge in [0.2, 0.25) is 0 Å². The van der Waals surface area contributed by atoms with Crippen LogP contribution in [-0.2, 0) is 13.5 Å². The van der Waals surface area contributed by atoms with Crippen molar-refractivity contribution < 1.29 is 4.74 Å². The van der Waals surface area contributed by atoms with Gasteiger partial charge in [-0.15, -0.1) is 0 Å². The Kier molecular flexibility index (Phi) is 3.41. The maximum atomic E-state index is 5.67. The average molecular weight is 238 g/mol. The van der Waals surface area contributed by atoms with Crippen molar-refractivity contribution in [3.05, 3.63) is 41.4 Å². The largest absolute Gasteiger partial charge is 0.492 e. The Morgan fingerprint density at radius 3 is 2.88 bits per heavy atom. The van der Waals surface area contributed by atoms with Gasteiger partial charge in [0.15, 0.2) is 0 Å². The van der Waals surface area contributed by atoms with E-state index in [1.54, 1.807) is 24.5 Å². The number of hydrogen-bond donors (Lipinski definition) is 0. The highest BCUT2D eigenvalue weighted by molar-refractivity contribution is 6.29. The van der Waals surface area contributed by atoms with Crippen molar-refractivity contribution in [3.63, 3.8) is 0 Å². The van der Waals surface area contributed by atoms with Crippen molar-refractivity contribution in [2.75, 3.05) is 6.61 Å². The molecule has 0 amide bonds. The van der Waals surface area contributed by atoms with E-state index in [4.69, 9.17) is 16.3 Å². The first kappa shape index (κ1) is 11.0. The maximum Gasteiger partial charge on any atom is 0.137 e. The number of hydrogen-bond acceptors (Lipinski definition) is 3. The molecule has 0 radical (unpaired) electrons. The summed E-state index contributed by atoms with van der Waals surface area (Å²) >= 11 is 5.67. The zero-order chi connectivity index (χ0) is 11.4. The molecule has 16 heavy (non-hydrogen) atoms. The normalized spacial score (nSPS) is 10.4. The van der Waals surface area contributed by atoms with Crippen LogP contribution >= 0.6 is 11.6 Å². The first-order valence-electron chi connectivity index (χ1n) is 4.97. The summed E-state index contributed by atoms with van der Waals surface area (Å²) < 4.78 is 7.36. The molecular formula is C11H12ClN3O. The molecule has 0 atom stereocenters. The van der Waals surface area contributed by atoms with Gasteiger partial charge in [-0.3, -0.25) is 4.68 Å². The minimum Gasteiger partial charge on any atom is -0.492 e. The van der Waals surface area contributed by atoms with Crippen LogP contribution in [0.2, 0.25) is 5.15 Å². The zero-order valence-corrected chi connectivity index (χ0v) is 9.68. The summed E-state index contributed by atoms with van der Waals surface area (Å²) in [7, 11) is 1.92. The lowest BCUT2D eigenvalue weighted by atomic mass is 10.3. The predicted molar refractivity (Wildman–Crippen MR) is 61.7 cm³/mol. The first-order chi connectivity index (χ1) is 7.75. The SMILES string of the molecule is Cn1nccc1CCOc1ccc(Cl)nc1. The Balaban J connectivity index is 1.84. The molecular weight excluding hydrogens is 226 g/mol. The van der Waals surface area contributed by atoms with Gasteiger partial charge in [-0.25, -0.2) is 4.98 Å². The summed E-state index contributed by atoms with van der Waals surface area (Å²) in [5.74, 6) is 0.728. The third-order valence-electron chi connectivity index (χ3n) is 2.25. The molecule has 0 aliphatic rings. The highest BCUT2D eigenvalue weighted by Crippen LogP contribution is 2.12. The van der Waals surface area contributed by atoms with Crippen LogP contribution < -0.4 is 4.74 Å². The second-order valence-electron chi connectivity index (χ2n) is 3.36. The molecule has 0 aliphatic heterocycles. The van der Waals surface area contributed by atoms with Gasteiger partial charge in [0.25, 0.3) is 0 Å². The van der Waals surface area contributed by atoms with Crippen molar-refractivity contribution >= 4 is 11.6 Å². The molecule has 0 bridgehead atoms. The molecule has 0 unspecified atom stereocenters. The van der Waals surface area contributed by atoms with E-state index in [0.29, 0.717) is 11.8 Å². The average Bonchev–Trinajstić information content (AvgIpc) is 2.68. The summed E-state index contributed by atoms with van der Waals surface area (Å²) in [5, 5.41) is 4.56. The minimum atomic E-state index is 0.471. The fraction of sp³-hybridized carbons (Fsp3) is 0.273. The van der Waals surface area contributed by atoms with E-state index >= 15 is 0 Å². The molecule has 0 aromatic carbocycles. The van der Waals surface area contributed by atoms with Crippen LogP contribution in [0.3, 0.4) is 0 Å². The number of nitrogens with zero attached hydrogens (tertiary/aromatic N) is 3. The van der Waals surface area contributed by atoms with Crippen molar-refractivity contribution in [1.82, 2.24) is 14.8 Å². The van der Waals surface area contributed by atoms with E-state index in [1.807, 2.05) is 17.8 Å². The summed E-state index contributed by atoms with van der Waals surface area (Å²) in [5.41, 5.74) is 1.14. The highest BCUT2D eigenvalue weighted by Gasteiger charge is 1.99. The van der Waals surface area contributed by atoms with E-state index in [-0.39, 0.29) is 0 Å². The number of aryl methyl sites for hydroxylation is 1. The second-order valence-corrected chi connectivity index (χ2v) is 3.75. The Morgan fingerprint density at radius 1 is 1.38 bits per heavy atom. The van der Waals surface area contributed by atoms with Gasteiger partial charge in [0, 0.05) is 25.4 Å². The number of rotatable bonds is 4. The topological polar surface area (TPSA) is 39.9 Å². The van der Waals surface area contributed by atoms with Crippen molar-refractivity contribution in [1.29, 1.82) is 0 Å². The molecule has 0 saturated carbocycles. The molecule has 5 heteroatoms. The maximum absolute atomic E-state index is 5.67. The summed E-state index contributed by atoms with van der Waals surface area (Å²) in [4.78, 5) is 3.94. The fourth-order valence-electron chi connectivity index (χ4n) is 1.37. The molecule has 0 N–H and O–H groups in total. The summed E-state index contributed by atoms with van der Waals surface area (Å²) in [6.07, 6.45) is 4.21. The Hall–Kier alpha value is -1.55. The first-order valence-corrected chi connectivity index (χ1v) is 5.35. The Morgan fingerprint density at radius 2 is 2.25 bits per heavy atom. The Bertz CT molecular complexity index is 453. The monoisotopic (exact) mass is 237 g/mol. The zero-order valence-electron chi connectivity index (χ0n) is 8.93. The van der Waals surface area contributed by atoms with E-state index in [9.17, 15) is 0 Å². The molecule has 2 aromatic rings. The number of ether oxygens (including phenoxy) is 1. The molecule has 0 fully saturated rings. The van der Waals surface area contributed by atoms with Crippen LogP contribution in [0, 0.1) is 0 Å². The fourth-order valence-corrected chi connectivity index (χ4v) is 1.48. The van der Waals surface area contributed by atoms with Gasteiger partial charge < -0.3 is 4.74 Å². The van der Waals surface area contributed by atoms with Crippen LogP contribution in [0.4, 0.5) is 0 Å². The quantitative estimate of drug-likeness (QED) is 0.765. The smallest absolute Gasteiger partial charge is 0.137 e. The number of halogens is 1. The van der Waals surface area contributed by atoms with Crippen LogP contribution in [0.5, 0.6) is 5.75 Å². The molecule has 2 heterocycles. The molecule has 4 nitrogen and oxygen atoms in total. The van der Waals surface area contributed by atoms with Gasteiger partial charge in [0.05, 0.1) is 12.8 Å². The van der Waals surface area contributed by atoms with Gasteiger partial charge in [-0.1, -0.05) is 11.6 Å². The van der Waals surface area contributed by atoms with Crippen molar-refractivity contribution in [3.8, 4) is 5.75 Å².